The highest BCUT2D eigenvalue weighted by Crippen LogP contribution is 2.35. The Kier molecular flexibility index (Phi) is 4.06. The van der Waals surface area contributed by atoms with Crippen molar-refractivity contribution in [3.05, 3.63) is 47.9 Å². The summed E-state index contributed by atoms with van der Waals surface area (Å²) in [6, 6.07) is 6.48. The molecule has 0 bridgehead atoms. The van der Waals surface area contributed by atoms with Crippen molar-refractivity contribution in [3.63, 3.8) is 0 Å². The molecule has 6 nitrogen and oxygen atoms in total. The normalized spacial score (nSPS) is 17.3. The summed E-state index contributed by atoms with van der Waals surface area (Å²) in [6.45, 7) is 2.30. The van der Waals surface area contributed by atoms with Crippen molar-refractivity contribution in [2.45, 2.75) is 25.8 Å². The first kappa shape index (κ1) is 15.1. The molecular weight excluding hydrogens is 294 g/mol. The summed E-state index contributed by atoms with van der Waals surface area (Å²) in [4.78, 5) is 33.5. The molecule has 1 aliphatic heterocycles. The van der Waals surface area contributed by atoms with Crippen molar-refractivity contribution in [1.29, 1.82) is 0 Å². The van der Waals surface area contributed by atoms with Crippen LogP contribution in [-0.2, 0) is 4.79 Å². The first-order chi connectivity index (χ1) is 11.1. The van der Waals surface area contributed by atoms with Crippen LogP contribution in [0.5, 0.6) is 0 Å². The van der Waals surface area contributed by atoms with Gasteiger partial charge in [0, 0.05) is 31.4 Å². The Bertz CT molecular complexity index is 743. The minimum atomic E-state index is -0.963. The monoisotopic (exact) mass is 311 g/mol. The molecule has 3 rings (SSSR count). The van der Waals surface area contributed by atoms with Crippen molar-refractivity contribution in [1.82, 2.24) is 14.9 Å². The molecule has 1 aliphatic rings. The lowest BCUT2D eigenvalue weighted by Crippen LogP contribution is -2.29. The first-order valence-electron chi connectivity index (χ1n) is 7.50. The van der Waals surface area contributed by atoms with E-state index in [2.05, 4.69) is 9.97 Å². The van der Waals surface area contributed by atoms with Gasteiger partial charge in [-0.3, -0.25) is 14.8 Å². The van der Waals surface area contributed by atoms with Gasteiger partial charge in [0.1, 0.15) is 0 Å². The molecule has 2 aromatic rings. The van der Waals surface area contributed by atoms with E-state index in [0.717, 1.165) is 30.6 Å². The molecule has 1 N–H and O–H groups in total. The van der Waals surface area contributed by atoms with Gasteiger partial charge < -0.3 is 10.0 Å². The maximum absolute atomic E-state index is 11.8. The highest BCUT2D eigenvalue weighted by atomic mass is 16.4. The third-order valence-electron chi connectivity index (χ3n) is 4.10. The number of carboxylic acid groups (broad SMARTS) is 1. The molecule has 1 saturated heterocycles. The minimum absolute atomic E-state index is 0.0327. The van der Waals surface area contributed by atoms with Crippen molar-refractivity contribution < 1.29 is 14.7 Å². The molecule has 1 aromatic heterocycles. The van der Waals surface area contributed by atoms with Gasteiger partial charge in [0.2, 0.25) is 5.91 Å². The molecule has 1 fully saturated rings. The zero-order valence-corrected chi connectivity index (χ0v) is 12.8. The lowest BCUT2D eigenvalue weighted by molar-refractivity contribution is -0.129. The van der Waals surface area contributed by atoms with Crippen LogP contribution in [0.1, 0.15) is 41.9 Å². The Balaban J connectivity index is 2.01. The third kappa shape index (κ3) is 2.92. The Morgan fingerprint density at radius 3 is 2.52 bits per heavy atom. The summed E-state index contributed by atoms with van der Waals surface area (Å²) >= 11 is 0. The molecule has 1 atom stereocenters. The molecule has 1 unspecified atom stereocenters. The molecule has 2 heterocycles. The molecule has 0 aliphatic carbocycles. The number of aromatic nitrogens is 2. The second-order valence-corrected chi connectivity index (χ2v) is 5.54. The lowest BCUT2D eigenvalue weighted by Gasteiger charge is -2.24. The van der Waals surface area contributed by atoms with Crippen LogP contribution >= 0.6 is 0 Å². The second kappa shape index (κ2) is 6.16. The SMILES string of the molecule is CC(=O)N1CCCC1c1nccnc1-c1ccc(C(=O)O)cc1. The summed E-state index contributed by atoms with van der Waals surface area (Å²) in [7, 11) is 0. The fraction of sp³-hybridized carbons (Fsp3) is 0.294. The van der Waals surface area contributed by atoms with E-state index in [1.54, 1.807) is 43.6 Å². The van der Waals surface area contributed by atoms with Crippen molar-refractivity contribution >= 4 is 11.9 Å². The van der Waals surface area contributed by atoms with Crippen LogP contribution in [0.4, 0.5) is 0 Å². The topological polar surface area (TPSA) is 83.4 Å². The van der Waals surface area contributed by atoms with E-state index in [-0.39, 0.29) is 17.5 Å². The molecule has 118 valence electrons. The fourth-order valence-electron chi connectivity index (χ4n) is 3.01. The summed E-state index contributed by atoms with van der Waals surface area (Å²) < 4.78 is 0. The Labute approximate surface area is 133 Å². The van der Waals surface area contributed by atoms with Crippen LogP contribution in [0.25, 0.3) is 11.3 Å². The minimum Gasteiger partial charge on any atom is -0.478 e. The molecule has 1 aromatic carbocycles. The number of carboxylic acids is 1. The highest BCUT2D eigenvalue weighted by molar-refractivity contribution is 5.88. The number of hydrogen-bond donors (Lipinski definition) is 1. The van der Waals surface area contributed by atoms with Gasteiger partial charge in [-0.2, -0.15) is 0 Å². The van der Waals surface area contributed by atoms with E-state index in [9.17, 15) is 9.59 Å². The molecule has 6 heteroatoms. The van der Waals surface area contributed by atoms with E-state index < -0.39 is 5.97 Å². The van der Waals surface area contributed by atoms with Gasteiger partial charge >= 0.3 is 5.97 Å². The molecule has 0 spiro atoms. The second-order valence-electron chi connectivity index (χ2n) is 5.54. The van der Waals surface area contributed by atoms with Crippen molar-refractivity contribution in [2.75, 3.05) is 6.54 Å². The maximum Gasteiger partial charge on any atom is 0.335 e. The van der Waals surface area contributed by atoms with E-state index in [0.29, 0.717) is 5.69 Å². The zero-order valence-electron chi connectivity index (χ0n) is 12.8. The van der Waals surface area contributed by atoms with Crippen LogP contribution in [-0.4, -0.2) is 38.4 Å². The van der Waals surface area contributed by atoms with Crippen molar-refractivity contribution in [3.8, 4) is 11.3 Å². The maximum atomic E-state index is 11.8. The molecule has 0 saturated carbocycles. The van der Waals surface area contributed by atoms with Gasteiger partial charge in [0.05, 0.1) is 23.0 Å². The Morgan fingerprint density at radius 2 is 1.87 bits per heavy atom. The van der Waals surface area contributed by atoms with Crippen LogP contribution in [0.15, 0.2) is 36.7 Å². The molecule has 1 amide bonds. The van der Waals surface area contributed by atoms with Crippen LogP contribution in [0, 0.1) is 0 Å². The van der Waals surface area contributed by atoms with Gasteiger partial charge in [0.15, 0.2) is 0 Å². The first-order valence-corrected chi connectivity index (χ1v) is 7.50. The van der Waals surface area contributed by atoms with E-state index in [4.69, 9.17) is 5.11 Å². The Hall–Kier alpha value is -2.76. The number of amides is 1. The number of carbonyl (C=O) groups is 2. The smallest absolute Gasteiger partial charge is 0.335 e. The molecular formula is C17H17N3O3. The summed E-state index contributed by atoms with van der Waals surface area (Å²) in [6.07, 6.45) is 5.04. The van der Waals surface area contributed by atoms with Crippen LogP contribution in [0.3, 0.4) is 0 Å². The average Bonchev–Trinajstić information content (AvgIpc) is 3.05. The molecule has 23 heavy (non-hydrogen) atoms. The summed E-state index contributed by atoms with van der Waals surface area (Å²) in [5, 5.41) is 9.00. The standard InChI is InChI=1S/C17H17N3O3/c1-11(21)20-10-2-3-14(20)16-15(18-8-9-19-16)12-4-6-13(7-5-12)17(22)23/h4-9,14H,2-3,10H2,1H3,(H,22,23). The highest BCUT2D eigenvalue weighted by Gasteiger charge is 2.31. The third-order valence-corrected chi connectivity index (χ3v) is 4.10. The largest absolute Gasteiger partial charge is 0.478 e. The average molecular weight is 311 g/mol. The number of carbonyl (C=O) groups excluding carboxylic acids is 1. The summed E-state index contributed by atoms with van der Waals surface area (Å²) in [5.41, 5.74) is 2.49. The quantitative estimate of drug-likeness (QED) is 0.941. The Morgan fingerprint density at radius 1 is 1.17 bits per heavy atom. The van der Waals surface area contributed by atoms with Gasteiger partial charge in [-0.05, 0) is 25.0 Å². The number of likely N-dealkylation sites (tertiary alicyclic amines) is 1. The number of aromatic carboxylic acids is 1. The van der Waals surface area contributed by atoms with E-state index in [1.165, 1.54) is 0 Å². The predicted molar refractivity (Wildman–Crippen MR) is 83.8 cm³/mol. The van der Waals surface area contributed by atoms with Crippen LogP contribution < -0.4 is 0 Å². The van der Waals surface area contributed by atoms with Gasteiger partial charge in [-0.1, -0.05) is 12.1 Å². The number of rotatable bonds is 3. The van der Waals surface area contributed by atoms with Crippen LogP contribution in [0.2, 0.25) is 0 Å². The van der Waals surface area contributed by atoms with Gasteiger partial charge in [-0.15, -0.1) is 0 Å². The van der Waals surface area contributed by atoms with E-state index >= 15 is 0 Å². The van der Waals surface area contributed by atoms with Gasteiger partial charge in [0.25, 0.3) is 0 Å². The van der Waals surface area contributed by atoms with Gasteiger partial charge in [-0.25, -0.2) is 4.79 Å². The molecule has 0 radical (unpaired) electrons. The lowest BCUT2D eigenvalue weighted by atomic mass is 10.0. The number of hydrogen-bond acceptors (Lipinski definition) is 4. The predicted octanol–water partition coefficient (Wildman–Crippen LogP) is 2.53. The summed E-state index contributed by atoms with van der Waals surface area (Å²) in [5.74, 6) is -0.931. The fourth-order valence-corrected chi connectivity index (χ4v) is 3.01. The van der Waals surface area contributed by atoms with Crippen molar-refractivity contribution in [2.24, 2.45) is 0 Å². The number of nitrogens with zero attached hydrogens (tertiary/aromatic N) is 3. The number of benzene rings is 1. The van der Waals surface area contributed by atoms with E-state index in [1.807, 2.05) is 4.90 Å². The zero-order chi connectivity index (χ0) is 16.4.